The highest BCUT2D eigenvalue weighted by Gasteiger charge is 2.19. The van der Waals surface area contributed by atoms with Gasteiger partial charge in [-0.1, -0.05) is 13.0 Å². The summed E-state index contributed by atoms with van der Waals surface area (Å²) in [7, 11) is 1.58. The molecule has 0 radical (unpaired) electrons. The average molecular weight is 396 g/mol. The van der Waals surface area contributed by atoms with E-state index in [1.54, 1.807) is 25.3 Å². The summed E-state index contributed by atoms with van der Waals surface area (Å²) < 4.78 is 5.17. The molecule has 1 heterocycles. The van der Waals surface area contributed by atoms with Crippen LogP contribution in [0.1, 0.15) is 26.7 Å². The van der Waals surface area contributed by atoms with Crippen molar-refractivity contribution >= 4 is 28.9 Å². The molecule has 6 nitrogen and oxygen atoms in total. The number of carbonyl (C=O) groups is 2. The first-order valence-corrected chi connectivity index (χ1v) is 10.0. The summed E-state index contributed by atoms with van der Waals surface area (Å²) in [6.45, 7) is 5.83. The number of methoxy groups -OCH3 is 1. The van der Waals surface area contributed by atoms with E-state index in [4.69, 9.17) is 4.74 Å². The SMILES string of the molecule is COc1cccc(NC(=O)CN(C(C)=O)c2ccc(N3CCC(C)CC3)cc2)c1. The number of benzene rings is 2. The van der Waals surface area contributed by atoms with Gasteiger partial charge >= 0.3 is 0 Å². The lowest BCUT2D eigenvalue weighted by Crippen LogP contribution is -2.36. The standard InChI is InChI=1S/C23H29N3O3/c1-17-11-13-25(14-12-17)20-7-9-21(10-8-20)26(18(2)27)16-23(28)24-19-5-4-6-22(15-19)29-3/h4-10,15,17H,11-14,16H2,1-3H3,(H,24,28). The second kappa shape index (κ2) is 9.45. The molecule has 2 amide bonds. The maximum Gasteiger partial charge on any atom is 0.244 e. The van der Waals surface area contributed by atoms with Crippen LogP contribution >= 0.6 is 0 Å². The van der Waals surface area contributed by atoms with Crippen molar-refractivity contribution in [2.75, 3.05) is 41.9 Å². The Labute approximate surface area is 172 Å². The summed E-state index contributed by atoms with van der Waals surface area (Å²) in [4.78, 5) is 28.5. The first-order valence-electron chi connectivity index (χ1n) is 10.0. The smallest absolute Gasteiger partial charge is 0.244 e. The highest BCUT2D eigenvalue weighted by molar-refractivity contribution is 6.01. The summed E-state index contributed by atoms with van der Waals surface area (Å²) in [5, 5.41) is 2.82. The highest BCUT2D eigenvalue weighted by atomic mass is 16.5. The first-order chi connectivity index (χ1) is 14.0. The van der Waals surface area contributed by atoms with Crippen molar-refractivity contribution in [1.29, 1.82) is 0 Å². The van der Waals surface area contributed by atoms with Gasteiger partial charge in [0.2, 0.25) is 11.8 Å². The van der Waals surface area contributed by atoms with Crippen molar-refractivity contribution in [3.05, 3.63) is 48.5 Å². The number of rotatable bonds is 6. The molecule has 0 saturated carbocycles. The van der Waals surface area contributed by atoms with Gasteiger partial charge in [-0.15, -0.1) is 0 Å². The van der Waals surface area contributed by atoms with Crippen LogP contribution in [0.2, 0.25) is 0 Å². The van der Waals surface area contributed by atoms with Crippen LogP contribution in [-0.4, -0.2) is 38.6 Å². The van der Waals surface area contributed by atoms with Gasteiger partial charge in [0.1, 0.15) is 12.3 Å². The van der Waals surface area contributed by atoms with E-state index in [9.17, 15) is 9.59 Å². The summed E-state index contributed by atoms with van der Waals surface area (Å²) in [5.74, 6) is 1.00. The largest absolute Gasteiger partial charge is 0.497 e. The Balaban J connectivity index is 1.66. The van der Waals surface area contributed by atoms with Crippen LogP contribution in [0.5, 0.6) is 5.75 Å². The minimum absolute atomic E-state index is 0.0485. The summed E-state index contributed by atoms with van der Waals surface area (Å²) in [5.41, 5.74) is 2.50. The molecule has 1 aliphatic rings. The van der Waals surface area contributed by atoms with Gasteiger partial charge in [-0.3, -0.25) is 9.59 Å². The lowest BCUT2D eigenvalue weighted by Gasteiger charge is -2.32. The summed E-state index contributed by atoms with van der Waals surface area (Å²) in [6, 6.07) is 15.0. The van der Waals surface area contributed by atoms with Crippen molar-refractivity contribution in [3.63, 3.8) is 0 Å². The van der Waals surface area contributed by atoms with Gasteiger partial charge in [0.05, 0.1) is 7.11 Å². The second-order valence-corrected chi connectivity index (χ2v) is 7.57. The molecule has 2 aromatic carbocycles. The Morgan fingerprint density at radius 2 is 1.83 bits per heavy atom. The summed E-state index contributed by atoms with van der Waals surface area (Å²) >= 11 is 0. The molecule has 0 aromatic heterocycles. The van der Waals surface area contributed by atoms with Gasteiger partial charge in [-0.25, -0.2) is 0 Å². The molecular formula is C23H29N3O3. The van der Waals surface area contributed by atoms with Crippen LogP contribution in [0.25, 0.3) is 0 Å². The van der Waals surface area contributed by atoms with Crippen LogP contribution < -0.4 is 19.9 Å². The number of nitrogens with zero attached hydrogens (tertiary/aromatic N) is 2. The predicted octanol–water partition coefficient (Wildman–Crippen LogP) is 3.92. The van der Waals surface area contributed by atoms with E-state index in [0.29, 0.717) is 17.1 Å². The van der Waals surface area contributed by atoms with Crippen LogP contribution in [0.15, 0.2) is 48.5 Å². The number of anilines is 3. The molecule has 154 valence electrons. The third-order valence-corrected chi connectivity index (χ3v) is 5.35. The monoisotopic (exact) mass is 395 g/mol. The van der Waals surface area contributed by atoms with Crippen LogP contribution in [-0.2, 0) is 9.59 Å². The Morgan fingerprint density at radius 3 is 2.45 bits per heavy atom. The number of piperidine rings is 1. The zero-order valence-electron chi connectivity index (χ0n) is 17.4. The fourth-order valence-electron chi connectivity index (χ4n) is 3.54. The molecule has 6 heteroatoms. The van der Waals surface area contributed by atoms with Crippen molar-refractivity contribution in [2.45, 2.75) is 26.7 Å². The molecule has 1 aliphatic heterocycles. The van der Waals surface area contributed by atoms with E-state index in [0.717, 1.165) is 24.7 Å². The molecule has 1 fully saturated rings. The maximum absolute atomic E-state index is 12.5. The maximum atomic E-state index is 12.5. The molecule has 3 rings (SSSR count). The van der Waals surface area contributed by atoms with E-state index in [1.165, 1.54) is 24.7 Å². The molecule has 29 heavy (non-hydrogen) atoms. The molecule has 0 atom stereocenters. The fourth-order valence-corrected chi connectivity index (χ4v) is 3.54. The molecule has 1 saturated heterocycles. The van der Waals surface area contributed by atoms with Gasteiger partial charge in [-0.2, -0.15) is 0 Å². The zero-order valence-corrected chi connectivity index (χ0v) is 17.4. The number of ether oxygens (including phenoxy) is 1. The second-order valence-electron chi connectivity index (χ2n) is 7.57. The molecule has 0 aliphatic carbocycles. The molecule has 0 bridgehead atoms. The molecule has 0 spiro atoms. The molecule has 2 aromatic rings. The van der Waals surface area contributed by atoms with Crippen molar-refractivity contribution in [2.24, 2.45) is 5.92 Å². The van der Waals surface area contributed by atoms with Gasteiger partial charge in [0, 0.05) is 43.1 Å². The van der Waals surface area contributed by atoms with Gasteiger partial charge < -0.3 is 19.9 Å². The highest BCUT2D eigenvalue weighted by Crippen LogP contribution is 2.26. The number of hydrogen-bond acceptors (Lipinski definition) is 4. The zero-order chi connectivity index (χ0) is 20.8. The van der Waals surface area contributed by atoms with E-state index in [1.807, 2.05) is 30.3 Å². The fraction of sp³-hybridized carbons (Fsp3) is 0.391. The van der Waals surface area contributed by atoms with Crippen LogP contribution in [0.4, 0.5) is 17.1 Å². The Morgan fingerprint density at radius 1 is 1.14 bits per heavy atom. The van der Waals surface area contributed by atoms with E-state index in [2.05, 4.69) is 17.1 Å². The van der Waals surface area contributed by atoms with Crippen molar-refractivity contribution in [3.8, 4) is 5.75 Å². The first kappa shape index (κ1) is 20.7. The predicted molar refractivity (Wildman–Crippen MR) is 117 cm³/mol. The van der Waals surface area contributed by atoms with Crippen molar-refractivity contribution in [1.82, 2.24) is 0 Å². The van der Waals surface area contributed by atoms with Gasteiger partial charge in [-0.05, 0) is 55.2 Å². The molecular weight excluding hydrogens is 366 g/mol. The lowest BCUT2D eigenvalue weighted by atomic mass is 9.99. The van der Waals surface area contributed by atoms with E-state index >= 15 is 0 Å². The Bertz CT molecular complexity index is 843. The number of hydrogen-bond donors (Lipinski definition) is 1. The minimum atomic E-state index is -0.262. The van der Waals surface area contributed by atoms with Crippen LogP contribution in [0.3, 0.4) is 0 Å². The summed E-state index contributed by atoms with van der Waals surface area (Å²) in [6.07, 6.45) is 2.40. The van der Waals surface area contributed by atoms with E-state index in [-0.39, 0.29) is 18.4 Å². The third kappa shape index (κ3) is 5.50. The third-order valence-electron chi connectivity index (χ3n) is 5.35. The molecule has 0 unspecified atom stereocenters. The minimum Gasteiger partial charge on any atom is -0.497 e. The van der Waals surface area contributed by atoms with Gasteiger partial charge in [0.25, 0.3) is 0 Å². The number of amides is 2. The Hall–Kier alpha value is -3.02. The van der Waals surface area contributed by atoms with Crippen LogP contribution in [0, 0.1) is 5.92 Å². The quantitative estimate of drug-likeness (QED) is 0.805. The number of nitrogens with one attached hydrogen (secondary N) is 1. The van der Waals surface area contributed by atoms with Gasteiger partial charge in [0.15, 0.2) is 0 Å². The Kier molecular flexibility index (Phi) is 6.75. The van der Waals surface area contributed by atoms with E-state index < -0.39 is 0 Å². The topological polar surface area (TPSA) is 61.9 Å². The van der Waals surface area contributed by atoms with Crippen molar-refractivity contribution < 1.29 is 14.3 Å². The normalized spacial score (nSPS) is 14.4. The number of carbonyl (C=O) groups excluding carboxylic acids is 2. The molecule has 1 N–H and O–H groups in total. The average Bonchev–Trinajstić information content (AvgIpc) is 2.73. The lowest BCUT2D eigenvalue weighted by molar-refractivity contribution is -0.120.